The number of H-pyrrole nitrogens is 1. The fourth-order valence-electron chi connectivity index (χ4n) is 6.92. The van der Waals surface area contributed by atoms with Gasteiger partial charge in [0.15, 0.2) is 5.96 Å². The van der Waals surface area contributed by atoms with Gasteiger partial charge in [-0.3, -0.25) is 52.9 Å². The first-order valence-corrected chi connectivity index (χ1v) is 24.3. The number of carbonyl (C=O) groups is 11. The van der Waals surface area contributed by atoms with Crippen molar-refractivity contribution in [2.24, 2.45) is 39.8 Å². The molecule has 0 aliphatic heterocycles. The highest BCUT2D eigenvalue weighted by atomic mass is 32.1. The number of thiol groups is 2. The van der Waals surface area contributed by atoms with Crippen LogP contribution in [-0.4, -0.2) is 159 Å². The van der Waals surface area contributed by atoms with Gasteiger partial charge in [-0.2, -0.15) is 25.3 Å². The van der Waals surface area contributed by atoms with Crippen molar-refractivity contribution in [3.63, 3.8) is 0 Å². The van der Waals surface area contributed by atoms with E-state index in [0.29, 0.717) is 16.5 Å². The number of benzene rings is 1. The van der Waals surface area contributed by atoms with E-state index in [-0.39, 0.29) is 49.7 Å². The van der Waals surface area contributed by atoms with E-state index in [2.05, 4.69) is 77.8 Å². The monoisotopic (exact) mass is 1060 g/mol. The number of aromatic amines is 1. The third-order valence-corrected chi connectivity index (χ3v) is 11.9. The van der Waals surface area contributed by atoms with Crippen LogP contribution in [0.5, 0.6) is 0 Å². The van der Waals surface area contributed by atoms with E-state index in [1.807, 2.05) is 0 Å². The number of carboxylic acids is 2. The molecule has 29 heteroatoms. The van der Waals surface area contributed by atoms with E-state index in [1.165, 1.54) is 0 Å². The van der Waals surface area contributed by atoms with Crippen molar-refractivity contribution >= 4 is 107 Å². The van der Waals surface area contributed by atoms with Gasteiger partial charge in [0.2, 0.25) is 53.2 Å². The number of aliphatic carboxylic acids is 2. The molecule has 1 aromatic heterocycles. The lowest BCUT2D eigenvalue weighted by molar-refractivity contribution is -0.142. The van der Waals surface area contributed by atoms with E-state index in [9.17, 15) is 63.0 Å². The molecule has 0 bridgehead atoms. The number of guanidine groups is 1. The van der Waals surface area contributed by atoms with Crippen LogP contribution in [0.4, 0.5) is 0 Å². The van der Waals surface area contributed by atoms with Crippen molar-refractivity contribution in [2.45, 2.75) is 115 Å². The molecule has 1 heterocycles. The van der Waals surface area contributed by atoms with Gasteiger partial charge in [0.1, 0.15) is 42.3 Å². The quantitative estimate of drug-likeness (QED) is 0.0142. The summed E-state index contributed by atoms with van der Waals surface area (Å²) in [5.74, 6) is -13.5. The molecule has 0 radical (unpaired) electrons. The minimum atomic E-state index is -1.86. The lowest BCUT2D eigenvalue weighted by Crippen LogP contribution is -2.60. The van der Waals surface area contributed by atoms with Gasteiger partial charge in [0.25, 0.3) is 0 Å². The van der Waals surface area contributed by atoms with Crippen LogP contribution in [-0.2, 0) is 59.2 Å². The van der Waals surface area contributed by atoms with Gasteiger partial charge in [0, 0.05) is 41.6 Å². The Bertz CT molecular complexity index is 2330. The summed E-state index contributed by atoms with van der Waals surface area (Å²) in [5, 5.41) is 39.1. The molecule has 9 amide bonds. The molecule has 73 heavy (non-hydrogen) atoms. The number of carboxylic acid groups (broad SMARTS) is 2. The smallest absolute Gasteiger partial charge is 0.327 e. The fourth-order valence-corrected chi connectivity index (χ4v) is 7.33. The van der Waals surface area contributed by atoms with Crippen molar-refractivity contribution in [2.75, 3.05) is 24.6 Å². The number of hydrogen-bond donors (Lipinski definition) is 17. The average molecular weight is 1070 g/mol. The Hall–Kier alpha value is -7.14. The van der Waals surface area contributed by atoms with E-state index < -0.39 is 145 Å². The first-order valence-electron chi connectivity index (χ1n) is 23.0. The van der Waals surface area contributed by atoms with Gasteiger partial charge in [-0.05, 0) is 36.3 Å². The summed E-state index contributed by atoms with van der Waals surface area (Å²) in [6.45, 7) is 5.75. The Kier molecular flexibility index (Phi) is 26.0. The Labute approximate surface area is 431 Å². The molecular weight excluding hydrogens is 997 g/mol. The van der Waals surface area contributed by atoms with Crippen LogP contribution in [0, 0.1) is 11.8 Å². The topological polar surface area (TPSA) is 457 Å². The highest BCUT2D eigenvalue weighted by Gasteiger charge is 2.36. The van der Waals surface area contributed by atoms with Crippen LogP contribution in [0.25, 0.3) is 10.9 Å². The highest BCUT2D eigenvalue weighted by Crippen LogP contribution is 2.20. The number of primary amides is 1. The second kappa shape index (κ2) is 30.7. The van der Waals surface area contributed by atoms with Gasteiger partial charge >= 0.3 is 11.9 Å². The number of nitrogens with zero attached hydrogens (tertiary/aromatic N) is 1. The molecule has 0 saturated carbocycles. The normalized spacial score (nSPS) is 14.7. The number of nitrogens with two attached hydrogens (primary N) is 4. The maximum atomic E-state index is 14.3. The summed E-state index contributed by atoms with van der Waals surface area (Å²) in [5.41, 5.74) is 23.0. The number of amides is 9. The highest BCUT2D eigenvalue weighted by molar-refractivity contribution is 7.80. The number of fused-ring (bicyclic) bond motifs is 1. The number of para-hydroxylation sites is 1. The maximum Gasteiger partial charge on any atom is 0.327 e. The molecule has 19 N–H and O–H groups in total. The van der Waals surface area contributed by atoms with E-state index in [0.717, 1.165) is 0 Å². The number of hydrogen-bond acceptors (Lipinski definition) is 15. The SMILES string of the molecule is CC[C@H](C)[C@H](NC(=O)[C@H](CC(=O)O)NC(=O)[C@H](CC(N)=O)NC(=O)[C@@H](N)CS)C(=O)NCC(=O)N[C@@H](Cc1c[nH]c2ccccc12)C(=O)N[C@H](C(=O)N[C@@H](CCCN=C(N)N)C(=O)N[C@@H](CS)C(=O)O)C(C)C. The number of carbonyl (C=O) groups excluding carboxylic acids is 9. The van der Waals surface area contributed by atoms with Crippen LogP contribution >= 0.6 is 25.3 Å². The van der Waals surface area contributed by atoms with E-state index in [4.69, 9.17) is 22.9 Å². The number of aliphatic imine (C=N–C) groups is 1. The van der Waals surface area contributed by atoms with Crippen molar-refractivity contribution in [3.05, 3.63) is 36.0 Å². The molecule has 27 nitrogen and oxygen atoms in total. The third-order valence-electron chi connectivity index (χ3n) is 11.2. The Balaban J connectivity index is 2.38. The number of aromatic nitrogens is 1. The summed E-state index contributed by atoms with van der Waals surface area (Å²) in [6, 6.07) is -4.54. The fraction of sp³-hybridized carbons (Fsp3) is 0.545. The van der Waals surface area contributed by atoms with Crippen LogP contribution in [0.3, 0.4) is 0 Å². The molecule has 9 atom stereocenters. The molecule has 0 spiro atoms. The second-order valence-corrected chi connectivity index (χ2v) is 18.0. The summed E-state index contributed by atoms with van der Waals surface area (Å²) < 4.78 is 0. The standard InChI is InChI=1S/C44H68N14O13S2/c1-5-21(4)35(58-40(67)29(15-33(61)62)55-38(65)28(14-31(46)59)54-36(63)24(45)18-72)41(68)51-17-32(60)52-27(13-22-16-50-25-10-7-6-9-23(22)25)39(66)57-34(20(2)3)42(69)53-26(11-8-12-49-44(47)48)37(64)56-30(19-73)43(70)71/h6-7,9-10,16,20-21,24,26-30,34-35,50,72-73H,5,8,11-15,17-19,45H2,1-4H3,(H2,46,59)(H,51,68)(H,52,60)(H,53,69)(H,54,63)(H,55,65)(H,56,64)(H,57,66)(H,58,67)(H,61,62)(H,70,71)(H4,47,48,49)/t21-,24-,26-,27-,28-,29-,30-,34-,35-/m0/s1. The van der Waals surface area contributed by atoms with Gasteiger partial charge in [-0.1, -0.05) is 52.3 Å². The second-order valence-electron chi connectivity index (χ2n) is 17.3. The third kappa shape index (κ3) is 20.9. The van der Waals surface area contributed by atoms with Crippen LogP contribution in [0.15, 0.2) is 35.5 Å². The van der Waals surface area contributed by atoms with Gasteiger partial charge < -0.3 is 80.7 Å². The molecule has 0 fully saturated rings. The van der Waals surface area contributed by atoms with Crippen LogP contribution < -0.4 is 65.5 Å². The zero-order valence-corrected chi connectivity index (χ0v) is 42.6. The number of nitrogens with one attached hydrogen (secondary N) is 9. The summed E-state index contributed by atoms with van der Waals surface area (Å²) in [4.78, 5) is 150. The molecule has 2 aromatic rings. The summed E-state index contributed by atoms with van der Waals surface area (Å²) in [7, 11) is 0. The molecule has 0 unspecified atom stereocenters. The van der Waals surface area contributed by atoms with Gasteiger partial charge in [-0.25, -0.2) is 4.79 Å². The lowest BCUT2D eigenvalue weighted by Gasteiger charge is -2.28. The largest absolute Gasteiger partial charge is 0.481 e. The summed E-state index contributed by atoms with van der Waals surface area (Å²) >= 11 is 7.90. The molecule has 2 rings (SSSR count). The van der Waals surface area contributed by atoms with Gasteiger partial charge in [-0.15, -0.1) is 0 Å². The molecule has 404 valence electrons. The van der Waals surface area contributed by atoms with Crippen molar-refractivity contribution in [3.8, 4) is 0 Å². The van der Waals surface area contributed by atoms with Crippen molar-refractivity contribution in [1.82, 2.24) is 47.5 Å². The molecule has 1 aromatic carbocycles. The van der Waals surface area contributed by atoms with E-state index >= 15 is 0 Å². The maximum absolute atomic E-state index is 14.3. The molecular formula is C44H68N14O13S2. The number of rotatable bonds is 32. The van der Waals surface area contributed by atoms with Crippen molar-refractivity contribution < 1.29 is 63.0 Å². The van der Waals surface area contributed by atoms with Crippen LogP contribution in [0.2, 0.25) is 0 Å². The average Bonchev–Trinajstić information content (AvgIpc) is 3.74. The predicted molar refractivity (Wildman–Crippen MR) is 272 cm³/mol. The van der Waals surface area contributed by atoms with Gasteiger partial charge in [0.05, 0.1) is 25.4 Å². The Morgan fingerprint density at radius 1 is 0.671 bits per heavy atom. The predicted octanol–water partition coefficient (Wildman–Crippen LogP) is -4.40. The van der Waals surface area contributed by atoms with Crippen LogP contribution in [0.1, 0.15) is 65.4 Å². The Morgan fingerprint density at radius 2 is 1.23 bits per heavy atom. The summed E-state index contributed by atoms with van der Waals surface area (Å²) in [6.07, 6.45) is 0.0948. The molecule has 0 aliphatic rings. The minimum Gasteiger partial charge on any atom is -0.481 e. The van der Waals surface area contributed by atoms with E-state index in [1.54, 1.807) is 58.2 Å². The zero-order chi connectivity index (χ0) is 55.1. The Morgan fingerprint density at radius 3 is 1.81 bits per heavy atom. The zero-order valence-electron chi connectivity index (χ0n) is 40.8. The lowest BCUT2D eigenvalue weighted by atomic mass is 9.97. The van der Waals surface area contributed by atoms with Crippen molar-refractivity contribution in [1.29, 1.82) is 0 Å². The molecule has 0 saturated heterocycles. The first kappa shape index (κ1) is 62.0. The molecule has 0 aliphatic carbocycles. The first-order chi connectivity index (χ1) is 34.3. The minimum absolute atomic E-state index is 0.0507.